The lowest BCUT2D eigenvalue weighted by atomic mass is 9.81. The van der Waals surface area contributed by atoms with E-state index >= 15 is 0 Å². The molecule has 3 heteroatoms. The highest BCUT2D eigenvalue weighted by Crippen LogP contribution is 2.35. The third-order valence-electron chi connectivity index (χ3n) is 3.45. The number of hydrogen-bond acceptors (Lipinski definition) is 3. The number of hydrogen-bond donors (Lipinski definition) is 1. The number of benzene rings is 1. The van der Waals surface area contributed by atoms with E-state index in [1.165, 1.54) is 5.56 Å². The Morgan fingerprint density at radius 3 is 2.69 bits per heavy atom. The van der Waals surface area contributed by atoms with E-state index in [0.29, 0.717) is 18.4 Å². The van der Waals surface area contributed by atoms with Crippen molar-refractivity contribution in [3.05, 3.63) is 29.8 Å². The number of nitrogens with two attached hydrogens (primary N) is 1. The molecule has 1 fully saturated rings. The van der Waals surface area contributed by atoms with Crippen molar-refractivity contribution in [1.29, 1.82) is 0 Å². The third kappa shape index (κ3) is 2.06. The molecule has 1 aromatic carbocycles. The topological polar surface area (TPSA) is 38.5 Å². The van der Waals surface area contributed by atoms with Crippen molar-refractivity contribution in [3.63, 3.8) is 0 Å². The van der Waals surface area contributed by atoms with E-state index in [2.05, 4.69) is 24.1 Å². The van der Waals surface area contributed by atoms with Gasteiger partial charge in [-0.25, -0.2) is 0 Å². The Kier molecular flexibility index (Phi) is 3.46. The molecule has 0 radical (unpaired) electrons. The van der Waals surface area contributed by atoms with Crippen LogP contribution in [-0.4, -0.2) is 38.7 Å². The van der Waals surface area contributed by atoms with Gasteiger partial charge in [-0.3, -0.25) is 0 Å². The Morgan fingerprint density at radius 2 is 2.12 bits per heavy atom. The summed E-state index contributed by atoms with van der Waals surface area (Å²) < 4.78 is 5.40. The quantitative estimate of drug-likeness (QED) is 0.831. The second-order valence-electron chi connectivity index (χ2n) is 4.57. The normalized spacial score (nSPS) is 19.2. The molecule has 0 aliphatic carbocycles. The van der Waals surface area contributed by atoms with Gasteiger partial charge >= 0.3 is 0 Å². The molecule has 0 bridgehead atoms. The number of ether oxygens (including phenoxy) is 1. The van der Waals surface area contributed by atoms with Gasteiger partial charge in [0.15, 0.2) is 0 Å². The molecule has 2 rings (SSSR count). The first-order valence-corrected chi connectivity index (χ1v) is 5.77. The van der Waals surface area contributed by atoms with E-state index in [0.717, 1.165) is 18.8 Å². The van der Waals surface area contributed by atoms with Crippen LogP contribution < -0.4 is 10.5 Å². The molecule has 3 nitrogen and oxygen atoms in total. The first-order valence-electron chi connectivity index (χ1n) is 5.77. The van der Waals surface area contributed by atoms with Crippen molar-refractivity contribution < 1.29 is 4.74 Å². The molecule has 1 aliphatic rings. The van der Waals surface area contributed by atoms with E-state index in [1.54, 1.807) is 7.11 Å². The van der Waals surface area contributed by atoms with Gasteiger partial charge in [-0.15, -0.1) is 0 Å². The molecule has 1 saturated heterocycles. The summed E-state index contributed by atoms with van der Waals surface area (Å²) in [4.78, 5) is 2.32. The predicted octanol–water partition coefficient (Wildman–Crippen LogP) is 1.30. The molecule has 0 saturated carbocycles. The molecule has 16 heavy (non-hydrogen) atoms. The minimum Gasteiger partial charge on any atom is -0.496 e. The van der Waals surface area contributed by atoms with E-state index in [9.17, 15) is 0 Å². The van der Waals surface area contributed by atoms with E-state index in [1.807, 2.05) is 12.1 Å². The average molecular weight is 220 g/mol. The first-order chi connectivity index (χ1) is 7.76. The van der Waals surface area contributed by atoms with Gasteiger partial charge in [0.2, 0.25) is 0 Å². The van der Waals surface area contributed by atoms with Crippen LogP contribution in [0.4, 0.5) is 0 Å². The van der Waals surface area contributed by atoms with Gasteiger partial charge in [0.05, 0.1) is 7.11 Å². The number of methoxy groups -OCH3 is 1. The molecule has 1 heterocycles. The van der Waals surface area contributed by atoms with Crippen molar-refractivity contribution in [3.8, 4) is 5.75 Å². The fourth-order valence-corrected chi connectivity index (χ4v) is 2.55. The summed E-state index contributed by atoms with van der Waals surface area (Å²) in [7, 11) is 3.87. The van der Waals surface area contributed by atoms with Crippen molar-refractivity contribution in [2.24, 2.45) is 11.7 Å². The second kappa shape index (κ2) is 4.85. The van der Waals surface area contributed by atoms with Gasteiger partial charge in [-0.2, -0.15) is 0 Å². The Morgan fingerprint density at radius 1 is 1.44 bits per heavy atom. The Hall–Kier alpha value is -1.06. The Bertz CT molecular complexity index is 348. The van der Waals surface area contributed by atoms with E-state index in [-0.39, 0.29) is 0 Å². The number of rotatable bonds is 4. The van der Waals surface area contributed by atoms with Crippen LogP contribution in [0.5, 0.6) is 5.75 Å². The van der Waals surface area contributed by atoms with Crippen molar-refractivity contribution >= 4 is 0 Å². The van der Waals surface area contributed by atoms with Crippen LogP contribution in [0.2, 0.25) is 0 Å². The largest absolute Gasteiger partial charge is 0.496 e. The zero-order valence-electron chi connectivity index (χ0n) is 10.0. The minimum absolute atomic E-state index is 0.423. The lowest BCUT2D eigenvalue weighted by Crippen LogP contribution is -2.48. The summed E-state index contributed by atoms with van der Waals surface area (Å²) >= 11 is 0. The first kappa shape index (κ1) is 11.4. The molecule has 1 aliphatic heterocycles. The molecular weight excluding hydrogens is 200 g/mol. The fourth-order valence-electron chi connectivity index (χ4n) is 2.55. The minimum atomic E-state index is 0.423. The summed E-state index contributed by atoms with van der Waals surface area (Å²) in [6.07, 6.45) is 0. The molecule has 1 unspecified atom stereocenters. The molecular formula is C13H20N2O. The second-order valence-corrected chi connectivity index (χ2v) is 4.57. The van der Waals surface area contributed by atoms with Crippen molar-refractivity contribution in [1.82, 2.24) is 4.90 Å². The SMILES string of the molecule is COc1ccccc1C(CN)C1CN(C)C1. The standard InChI is InChI=1S/C13H20N2O/c1-15-8-10(9-15)12(7-14)11-5-3-4-6-13(11)16-2/h3-6,10,12H,7-9,14H2,1-2H3. The molecule has 1 atom stereocenters. The average Bonchev–Trinajstić information content (AvgIpc) is 2.28. The third-order valence-corrected chi connectivity index (χ3v) is 3.45. The highest BCUT2D eigenvalue weighted by Gasteiger charge is 2.32. The maximum Gasteiger partial charge on any atom is 0.122 e. The van der Waals surface area contributed by atoms with Gasteiger partial charge in [-0.1, -0.05) is 18.2 Å². The van der Waals surface area contributed by atoms with E-state index < -0.39 is 0 Å². The summed E-state index contributed by atoms with van der Waals surface area (Å²) in [6, 6.07) is 8.21. The lowest BCUT2D eigenvalue weighted by Gasteiger charge is -2.41. The van der Waals surface area contributed by atoms with Gasteiger partial charge in [0.25, 0.3) is 0 Å². The monoisotopic (exact) mass is 220 g/mol. The van der Waals surface area contributed by atoms with Gasteiger partial charge in [0, 0.05) is 19.0 Å². The van der Waals surface area contributed by atoms with Crippen LogP contribution >= 0.6 is 0 Å². The molecule has 0 aromatic heterocycles. The van der Waals surface area contributed by atoms with Crippen LogP contribution in [-0.2, 0) is 0 Å². The summed E-state index contributed by atoms with van der Waals surface area (Å²) in [6.45, 7) is 2.97. The van der Waals surface area contributed by atoms with Crippen LogP contribution in [0.3, 0.4) is 0 Å². The molecule has 1 aromatic rings. The Labute approximate surface area is 97.2 Å². The predicted molar refractivity (Wildman–Crippen MR) is 65.8 cm³/mol. The van der Waals surface area contributed by atoms with Gasteiger partial charge in [0.1, 0.15) is 5.75 Å². The fraction of sp³-hybridized carbons (Fsp3) is 0.538. The molecule has 0 spiro atoms. The zero-order valence-corrected chi connectivity index (χ0v) is 10.0. The van der Waals surface area contributed by atoms with Crippen LogP contribution in [0.15, 0.2) is 24.3 Å². The zero-order chi connectivity index (χ0) is 11.5. The highest BCUT2D eigenvalue weighted by molar-refractivity contribution is 5.37. The van der Waals surface area contributed by atoms with Crippen LogP contribution in [0.1, 0.15) is 11.5 Å². The maximum absolute atomic E-state index is 5.91. The van der Waals surface area contributed by atoms with Crippen molar-refractivity contribution in [2.75, 3.05) is 33.8 Å². The smallest absolute Gasteiger partial charge is 0.122 e. The number of nitrogens with zero attached hydrogens (tertiary/aromatic N) is 1. The number of likely N-dealkylation sites (tertiary alicyclic amines) is 1. The number of para-hydroxylation sites is 1. The maximum atomic E-state index is 5.91. The lowest BCUT2D eigenvalue weighted by molar-refractivity contribution is 0.111. The summed E-state index contributed by atoms with van der Waals surface area (Å²) in [5, 5.41) is 0. The van der Waals surface area contributed by atoms with Crippen LogP contribution in [0, 0.1) is 5.92 Å². The molecule has 2 N–H and O–H groups in total. The van der Waals surface area contributed by atoms with Crippen LogP contribution in [0.25, 0.3) is 0 Å². The highest BCUT2D eigenvalue weighted by atomic mass is 16.5. The van der Waals surface area contributed by atoms with Gasteiger partial charge < -0.3 is 15.4 Å². The van der Waals surface area contributed by atoms with E-state index in [4.69, 9.17) is 10.5 Å². The van der Waals surface area contributed by atoms with Crippen molar-refractivity contribution in [2.45, 2.75) is 5.92 Å². The Balaban J connectivity index is 2.19. The summed E-state index contributed by atoms with van der Waals surface area (Å²) in [5.41, 5.74) is 7.17. The molecule has 88 valence electrons. The summed E-state index contributed by atoms with van der Waals surface area (Å²) in [5.74, 6) is 2.06. The van der Waals surface area contributed by atoms with Gasteiger partial charge in [-0.05, 0) is 31.1 Å². The molecule has 0 amide bonds.